The Kier molecular flexibility index (Phi) is 5.54. The van der Waals surface area contributed by atoms with Gasteiger partial charge in [-0.15, -0.1) is 0 Å². The maximum Gasteiger partial charge on any atom is 0.246 e. The van der Waals surface area contributed by atoms with Crippen molar-refractivity contribution >= 4 is 15.9 Å². The van der Waals surface area contributed by atoms with Gasteiger partial charge in [0.15, 0.2) is 17.5 Å². The summed E-state index contributed by atoms with van der Waals surface area (Å²) in [5.41, 5.74) is 0. The molecule has 1 amide bonds. The van der Waals surface area contributed by atoms with E-state index in [1.807, 2.05) is 6.92 Å². The molecule has 1 atom stereocenters. The van der Waals surface area contributed by atoms with Gasteiger partial charge in [0.25, 0.3) is 0 Å². The predicted octanol–water partition coefficient (Wildman–Crippen LogP) is 1.98. The van der Waals surface area contributed by atoms with Gasteiger partial charge in [0.05, 0.1) is 0 Å². The number of benzene rings is 1. The third kappa shape index (κ3) is 3.41. The van der Waals surface area contributed by atoms with Gasteiger partial charge in [-0.3, -0.25) is 4.79 Å². The van der Waals surface area contributed by atoms with Gasteiger partial charge in [0.2, 0.25) is 15.9 Å². The summed E-state index contributed by atoms with van der Waals surface area (Å²) in [6, 6.07) is 1.29. The number of carbonyl (C=O) groups excluding carboxylic acids is 1. The van der Waals surface area contributed by atoms with Gasteiger partial charge in [0.1, 0.15) is 4.90 Å². The lowest BCUT2D eigenvalue weighted by Gasteiger charge is -2.35. The second kappa shape index (κ2) is 7.10. The molecule has 0 bridgehead atoms. The Morgan fingerprint density at radius 1 is 1.12 bits per heavy atom. The summed E-state index contributed by atoms with van der Waals surface area (Å²) in [5.74, 6) is -5.21. The lowest BCUT2D eigenvalue weighted by Crippen LogP contribution is -2.51. The quantitative estimate of drug-likeness (QED) is 0.768. The Balaban J connectivity index is 2.16. The number of piperazine rings is 1. The molecular weight excluding hydrogens is 345 g/mol. The number of hydrogen-bond acceptors (Lipinski definition) is 3. The molecule has 0 spiro atoms. The van der Waals surface area contributed by atoms with E-state index in [1.54, 1.807) is 11.8 Å². The van der Waals surface area contributed by atoms with E-state index in [9.17, 15) is 26.4 Å². The van der Waals surface area contributed by atoms with Crippen molar-refractivity contribution < 1.29 is 26.4 Å². The second-order valence-corrected chi connectivity index (χ2v) is 7.62. The number of rotatable bonds is 4. The lowest BCUT2D eigenvalue weighted by atomic mass is 10.1. The van der Waals surface area contributed by atoms with Crippen LogP contribution in [0, 0.1) is 23.4 Å². The third-order valence-electron chi connectivity index (χ3n) is 4.20. The molecule has 24 heavy (non-hydrogen) atoms. The molecule has 0 aliphatic carbocycles. The number of amides is 1. The topological polar surface area (TPSA) is 57.7 Å². The highest BCUT2D eigenvalue weighted by molar-refractivity contribution is 7.89. The molecule has 1 fully saturated rings. The highest BCUT2D eigenvalue weighted by atomic mass is 32.2. The fraction of sp³-hybridized carbons (Fsp3) is 0.533. The first-order valence-corrected chi connectivity index (χ1v) is 9.06. The highest BCUT2D eigenvalue weighted by Crippen LogP contribution is 2.24. The minimum Gasteiger partial charge on any atom is -0.340 e. The molecule has 1 aromatic rings. The normalized spacial score (nSPS) is 17.8. The van der Waals surface area contributed by atoms with E-state index in [4.69, 9.17) is 0 Å². The van der Waals surface area contributed by atoms with Crippen LogP contribution in [0.1, 0.15) is 20.3 Å². The molecule has 1 aliphatic heterocycles. The fourth-order valence-corrected chi connectivity index (χ4v) is 3.96. The van der Waals surface area contributed by atoms with E-state index < -0.39 is 32.4 Å². The summed E-state index contributed by atoms with van der Waals surface area (Å²) < 4.78 is 65.9. The number of sulfonamides is 1. The summed E-state index contributed by atoms with van der Waals surface area (Å²) in [7, 11) is -4.29. The van der Waals surface area contributed by atoms with Crippen LogP contribution in [0.2, 0.25) is 0 Å². The van der Waals surface area contributed by atoms with Crippen molar-refractivity contribution in [3.05, 3.63) is 29.6 Å². The van der Waals surface area contributed by atoms with E-state index in [2.05, 4.69) is 0 Å². The summed E-state index contributed by atoms with van der Waals surface area (Å²) in [6.45, 7) is 3.98. The number of hydrogen-bond donors (Lipinski definition) is 0. The first-order valence-electron chi connectivity index (χ1n) is 7.62. The summed E-state index contributed by atoms with van der Waals surface area (Å²) in [4.78, 5) is 12.8. The van der Waals surface area contributed by atoms with Gasteiger partial charge in [-0.25, -0.2) is 21.6 Å². The SMILES string of the molecule is CCC(C)C(=O)N1CCN(S(=O)(=O)c2ccc(F)c(F)c2F)CC1. The second-order valence-electron chi connectivity index (χ2n) is 5.71. The smallest absolute Gasteiger partial charge is 0.246 e. The fourth-order valence-electron chi connectivity index (χ4n) is 2.48. The molecule has 0 aromatic heterocycles. The molecule has 2 rings (SSSR count). The molecule has 1 unspecified atom stereocenters. The van der Waals surface area contributed by atoms with Crippen molar-refractivity contribution in [2.24, 2.45) is 5.92 Å². The highest BCUT2D eigenvalue weighted by Gasteiger charge is 2.34. The van der Waals surface area contributed by atoms with Crippen LogP contribution in [-0.4, -0.2) is 49.7 Å². The van der Waals surface area contributed by atoms with Crippen LogP contribution in [0.15, 0.2) is 17.0 Å². The average molecular weight is 364 g/mol. The average Bonchev–Trinajstić information content (AvgIpc) is 2.58. The molecular formula is C15H19F3N2O3S. The van der Waals surface area contributed by atoms with Crippen molar-refractivity contribution in [1.82, 2.24) is 9.21 Å². The van der Waals surface area contributed by atoms with E-state index in [0.29, 0.717) is 18.6 Å². The van der Waals surface area contributed by atoms with Gasteiger partial charge in [0, 0.05) is 32.1 Å². The van der Waals surface area contributed by atoms with Crippen molar-refractivity contribution in [2.75, 3.05) is 26.2 Å². The Morgan fingerprint density at radius 3 is 2.25 bits per heavy atom. The standard InChI is InChI=1S/C15H19F3N2O3S/c1-3-10(2)15(21)19-6-8-20(9-7-19)24(22,23)12-5-4-11(16)13(17)14(12)18/h4-5,10H,3,6-9H2,1-2H3. The molecule has 1 aliphatic rings. The zero-order chi connectivity index (χ0) is 18.1. The van der Waals surface area contributed by atoms with E-state index in [1.165, 1.54) is 0 Å². The first-order chi connectivity index (χ1) is 11.2. The van der Waals surface area contributed by atoms with Crippen LogP contribution in [0.25, 0.3) is 0 Å². The van der Waals surface area contributed by atoms with Gasteiger partial charge in [-0.1, -0.05) is 13.8 Å². The van der Waals surface area contributed by atoms with Gasteiger partial charge < -0.3 is 4.90 Å². The van der Waals surface area contributed by atoms with Gasteiger partial charge in [-0.05, 0) is 18.6 Å². The molecule has 1 saturated heterocycles. The van der Waals surface area contributed by atoms with Gasteiger partial charge >= 0.3 is 0 Å². The van der Waals surface area contributed by atoms with Crippen LogP contribution >= 0.6 is 0 Å². The predicted molar refractivity (Wildman–Crippen MR) is 81.1 cm³/mol. The number of halogens is 3. The summed E-state index contributed by atoms with van der Waals surface area (Å²) in [6.07, 6.45) is 0.678. The minimum absolute atomic E-state index is 0.0249. The monoisotopic (exact) mass is 364 g/mol. The van der Waals surface area contributed by atoms with Gasteiger partial charge in [-0.2, -0.15) is 4.31 Å². The molecule has 5 nitrogen and oxygen atoms in total. The molecule has 9 heteroatoms. The van der Waals surface area contributed by atoms with Crippen LogP contribution in [0.3, 0.4) is 0 Å². The van der Waals surface area contributed by atoms with Crippen LogP contribution < -0.4 is 0 Å². The Morgan fingerprint density at radius 2 is 1.71 bits per heavy atom. The van der Waals surface area contributed by atoms with Crippen LogP contribution in [-0.2, 0) is 14.8 Å². The maximum atomic E-state index is 13.8. The van der Waals surface area contributed by atoms with Crippen molar-refractivity contribution in [3.8, 4) is 0 Å². The van der Waals surface area contributed by atoms with E-state index >= 15 is 0 Å². The van der Waals surface area contributed by atoms with Crippen LogP contribution in [0.5, 0.6) is 0 Å². The van der Waals surface area contributed by atoms with E-state index in [0.717, 1.165) is 4.31 Å². The number of carbonyl (C=O) groups is 1. The van der Waals surface area contributed by atoms with Crippen molar-refractivity contribution in [3.63, 3.8) is 0 Å². The largest absolute Gasteiger partial charge is 0.340 e. The first kappa shape index (κ1) is 18.7. The lowest BCUT2D eigenvalue weighted by molar-refractivity contribution is -0.136. The zero-order valence-electron chi connectivity index (χ0n) is 13.4. The molecule has 1 heterocycles. The maximum absolute atomic E-state index is 13.8. The molecule has 0 saturated carbocycles. The zero-order valence-corrected chi connectivity index (χ0v) is 14.2. The molecule has 0 radical (unpaired) electrons. The van der Waals surface area contributed by atoms with Crippen molar-refractivity contribution in [1.29, 1.82) is 0 Å². The Bertz CT molecular complexity index is 732. The summed E-state index contributed by atoms with van der Waals surface area (Å²) >= 11 is 0. The Hall–Kier alpha value is -1.61. The minimum atomic E-state index is -4.29. The van der Waals surface area contributed by atoms with Crippen LogP contribution in [0.4, 0.5) is 13.2 Å². The molecule has 1 aromatic carbocycles. The van der Waals surface area contributed by atoms with Crippen molar-refractivity contribution in [2.45, 2.75) is 25.2 Å². The third-order valence-corrected chi connectivity index (χ3v) is 6.12. The molecule has 134 valence electrons. The van der Waals surface area contributed by atoms with E-state index in [-0.39, 0.29) is 38.0 Å². The Labute approximate surface area is 139 Å². The molecule has 0 N–H and O–H groups in total. The summed E-state index contributed by atoms with van der Waals surface area (Å²) in [5, 5.41) is 0. The number of nitrogens with zero attached hydrogens (tertiary/aromatic N) is 2.